The van der Waals surface area contributed by atoms with Gasteiger partial charge in [-0.3, -0.25) is 4.79 Å². The van der Waals surface area contributed by atoms with E-state index < -0.39 is 5.97 Å². The summed E-state index contributed by atoms with van der Waals surface area (Å²) in [5, 5.41) is 14.5. The Bertz CT molecular complexity index is 294. The van der Waals surface area contributed by atoms with Gasteiger partial charge >= 0.3 is 12.0 Å². The molecule has 0 bridgehead atoms. The number of unbranched alkanes of at least 4 members (excludes halogenated alkanes) is 4. The second kappa shape index (κ2) is 8.77. The molecule has 2 amide bonds. The van der Waals surface area contributed by atoms with Crippen molar-refractivity contribution in [3.8, 4) is 0 Å². The Balaban J connectivity index is 2.18. The highest BCUT2D eigenvalue weighted by atomic mass is 16.4. The lowest BCUT2D eigenvalue weighted by Gasteiger charge is -2.18. The maximum absolute atomic E-state index is 11.4. The van der Waals surface area contributed by atoms with Crippen LogP contribution in [0.4, 0.5) is 4.79 Å². The number of rotatable bonds is 10. The van der Waals surface area contributed by atoms with E-state index in [1.165, 1.54) is 12.8 Å². The molecule has 0 aromatic heterocycles. The van der Waals surface area contributed by atoms with E-state index in [-0.39, 0.29) is 24.5 Å². The Hall–Kier alpha value is -1.26. The smallest absolute Gasteiger partial charge is 0.315 e. The summed E-state index contributed by atoms with van der Waals surface area (Å²) in [6, 6.07) is 0.407. The van der Waals surface area contributed by atoms with Crippen molar-refractivity contribution in [2.75, 3.05) is 0 Å². The Morgan fingerprint density at radius 1 is 1.05 bits per heavy atom. The maximum atomic E-state index is 11.4. The van der Waals surface area contributed by atoms with E-state index in [1.54, 1.807) is 0 Å². The number of hydrogen-bond donors (Lipinski definition) is 3. The van der Waals surface area contributed by atoms with Crippen molar-refractivity contribution in [3.63, 3.8) is 0 Å². The summed E-state index contributed by atoms with van der Waals surface area (Å²) < 4.78 is 0. The van der Waals surface area contributed by atoms with Gasteiger partial charge in [-0.2, -0.15) is 0 Å². The van der Waals surface area contributed by atoms with Crippen LogP contribution in [-0.2, 0) is 4.79 Å². The molecule has 1 heterocycles. The van der Waals surface area contributed by atoms with Gasteiger partial charge in [-0.05, 0) is 19.3 Å². The topological polar surface area (TPSA) is 78.4 Å². The zero-order valence-corrected chi connectivity index (χ0v) is 11.8. The fourth-order valence-electron chi connectivity index (χ4n) is 2.56. The lowest BCUT2D eigenvalue weighted by molar-refractivity contribution is -0.137. The number of carbonyl (C=O) groups is 2. The highest BCUT2D eigenvalue weighted by Crippen LogP contribution is 2.16. The molecule has 0 spiro atoms. The summed E-state index contributed by atoms with van der Waals surface area (Å²) in [5.41, 5.74) is 0. The SMILES string of the molecule is CCCCC[C@@H]1NC(=O)N[C@H]1CCCCCC(=O)O. The first-order valence-corrected chi connectivity index (χ1v) is 7.42. The van der Waals surface area contributed by atoms with Gasteiger partial charge in [0.05, 0.1) is 12.1 Å². The first-order chi connectivity index (χ1) is 9.13. The van der Waals surface area contributed by atoms with Crippen LogP contribution >= 0.6 is 0 Å². The highest BCUT2D eigenvalue weighted by Gasteiger charge is 2.30. The Labute approximate surface area is 115 Å². The Kier molecular flexibility index (Phi) is 7.30. The Morgan fingerprint density at radius 2 is 1.63 bits per heavy atom. The number of carboxylic acid groups (broad SMARTS) is 1. The van der Waals surface area contributed by atoms with Crippen LogP contribution in [0.2, 0.25) is 0 Å². The number of urea groups is 1. The molecular weight excluding hydrogens is 244 g/mol. The van der Waals surface area contributed by atoms with Gasteiger partial charge in [0.15, 0.2) is 0 Å². The van der Waals surface area contributed by atoms with Gasteiger partial charge in [0, 0.05) is 6.42 Å². The zero-order valence-electron chi connectivity index (χ0n) is 11.8. The summed E-state index contributed by atoms with van der Waals surface area (Å²) in [7, 11) is 0. The van der Waals surface area contributed by atoms with E-state index in [2.05, 4.69) is 17.6 Å². The first-order valence-electron chi connectivity index (χ1n) is 7.42. The van der Waals surface area contributed by atoms with Gasteiger partial charge in [-0.1, -0.05) is 39.0 Å². The third-order valence-corrected chi connectivity index (χ3v) is 3.64. The molecule has 19 heavy (non-hydrogen) atoms. The highest BCUT2D eigenvalue weighted by molar-refractivity contribution is 5.77. The zero-order chi connectivity index (χ0) is 14.1. The molecule has 110 valence electrons. The van der Waals surface area contributed by atoms with Crippen molar-refractivity contribution in [1.29, 1.82) is 0 Å². The quantitative estimate of drug-likeness (QED) is 0.534. The second-order valence-corrected chi connectivity index (χ2v) is 5.32. The monoisotopic (exact) mass is 270 g/mol. The minimum Gasteiger partial charge on any atom is -0.481 e. The van der Waals surface area contributed by atoms with Crippen molar-refractivity contribution in [3.05, 3.63) is 0 Å². The van der Waals surface area contributed by atoms with Crippen molar-refractivity contribution < 1.29 is 14.7 Å². The molecule has 2 atom stereocenters. The van der Waals surface area contributed by atoms with Gasteiger partial charge in [-0.15, -0.1) is 0 Å². The van der Waals surface area contributed by atoms with Crippen LogP contribution in [0.1, 0.15) is 64.7 Å². The average Bonchev–Trinajstić information content (AvgIpc) is 2.69. The molecule has 3 N–H and O–H groups in total. The number of carbonyl (C=O) groups excluding carboxylic acids is 1. The van der Waals surface area contributed by atoms with Crippen LogP contribution in [0.5, 0.6) is 0 Å². The van der Waals surface area contributed by atoms with Crippen LogP contribution in [0, 0.1) is 0 Å². The van der Waals surface area contributed by atoms with E-state index in [4.69, 9.17) is 5.11 Å². The van der Waals surface area contributed by atoms with Crippen molar-refractivity contribution >= 4 is 12.0 Å². The third kappa shape index (κ3) is 6.45. The molecule has 5 nitrogen and oxygen atoms in total. The lowest BCUT2D eigenvalue weighted by atomic mass is 9.97. The molecule has 0 aromatic rings. The molecule has 1 aliphatic rings. The molecule has 0 saturated carbocycles. The largest absolute Gasteiger partial charge is 0.481 e. The molecule has 0 aromatic carbocycles. The number of hydrogen-bond acceptors (Lipinski definition) is 2. The van der Waals surface area contributed by atoms with Gasteiger partial charge in [0.25, 0.3) is 0 Å². The molecular formula is C14H26N2O3. The number of aliphatic carboxylic acids is 1. The number of amides is 2. The van der Waals surface area contributed by atoms with Gasteiger partial charge < -0.3 is 15.7 Å². The van der Waals surface area contributed by atoms with E-state index in [0.29, 0.717) is 0 Å². The summed E-state index contributed by atoms with van der Waals surface area (Å²) in [5.74, 6) is -0.728. The fraction of sp³-hybridized carbons (Fsp3) is 0.857. The Morgan fingerprint density at radius 3 is 2.16 bits per heavy atom. The van der Waals surface area contributed by atoms with E-state index in [9.17, 15) is 9.59 Å². The summed E-state index contributed by atoms with van der Waals surface area (Å²) in [6.45, 7) is 2.17. The normalized spacial score (nSPS) is 22.1. The lowest BCUT2D eigenvalue weighted by Crippen LogP contribution is -2.33. The van der Waals surface area contributed by atoms with Gasteiger partial charge in [0.2, 0.25) is 0 Å². The standard InChI is InChI=1S/C14H26N2O3/c1-2-3-5-8-11-12(16-14(19)15-11)9-6-4-7-10-13(17)18/h11-12H,2-10H2,1H3,(H,17,18)(H2,15,16,19)/t11-,12-/m0/s1. The van der Waals surface area contributed by atoms with E-state index in [1.807, 2.05) is 0 Å². The van der Waals surface area contributed by atoms with Crippen LogP contribution in [0.25, 0.3) is 0 Å². The third-order valence-electron chi connectivity index (χ3n) is 3.64. The first kappa shape index (κ1) is 15.8. The molecule has 1 fully saturated rings. The van der Waals surface area contributed by atoms with Crippen LogP contribution in [0.3, 0.4) is 0 Å². The molecule has 0 unspecified atom stereocenters. The van der Waals surface area contributed by atoms with Crippen molar-refractivity contribution in [1.82, 2.24) is 10.6 Å². The average molecular weight is 270 g/mol. The van der Waals surface area contributed by atoms with Crippen molar-refractivity contribution in [2.45, 2.75) is 76.8 Å². The summed E-state index contributed by atoms with van der Waals surface area (Å²) in [6.07, 6.45) is 8.38. The van der Waals surface area contributed by atoms with Crippen LogP contribution < -0.4 is 10.6 Å². The minimum atomic E-state index is -0.728. The molecule has 1 saturated heterocycles. The number of carboxylic acids is 1. The van der Waals surface area contributed by atoms with Gasteiger partial charge in [0.1, 0.15) is 0 Å². The maximum Gasteiger partial charge on any atom is 0.315 e. The van der Waals surface area contributed by atoms with Crippen molar-refractivity contribution in [2.24, 2.45) is 0 Å². The second-order valence-electron chi connectivity index (χ2n) is 5.32. The number of nitrogens with one attached hydrogen (secondary N) is 2. The molecule has 0 radical (unpaired) electrons. The van der Waals surface area contributed by atoms with Gasteiger partial charge in [-0.25, -0.2) is 4.79 Å². The molecule has 5 heteroatoms. The van der Waals surface area contributed by atoms with E-state index >= 15 is 0 Å². The van der Waals surface area contributed by atoms with Crippen LogP contribution in [0.15, 0.2) is 0 Å². The van der Waals surface area contributed by atoms with Crippen LogP contribution in [-0.4, -0.2) is 29.2 Å². The summed E-state index contributed by atoms with van der Waals surface area (Å²) in [4.78, 5) is 21.8. The molecule has 0 aliphatic carbocycles. The predicted molar refractivity (Wildman–Crippen MR) is 74.1 cm³/mol. The predicted octanol–water partition coefficient (Wildman–Crippen LogP) is 2.65. The fourth-order valence-corrected chi connectivity index (χ4v) is 2.56. The summed E-state index contributed by atoms with van der Waals surface area (Å²) >= 11 is 0. The van der Waals surface area contributed by atoms with E-state index in [0.717, 1.165) is 38.5 Å². The molecule has 1 aliphatic heterocycles. The minimum absolute atomic E-state index is 0.0583. The molecule has 1 rings (SSSR count).